The van der Waals surface area contributed by atoms with E-state index in [9.17, 15) is 57.5 Å². The highest BCUT2D eigenvalue weighted by Crippen LogP contribution is 2.31. The van der Waals surface area contributed by atoms with Crippen LogP contribution in [0.3, 0.4) is 0 Å². The summed E-state index contributed by atoms with van der Waals surface area (Å²) in [6, 6.07) is 21.5. The second kappa shape index (κ2) is 17.8. The minimum Gasteiger partial charge on any atom is -0.287 e. The fourth-order valence-electron chi connectivity index (χ4n) is 7.13. The molecule has 0 saturated heterocycles. The molecule has 1 aromatic heterocycles. The fourth-order valence-corrected chi connectivity index (χ4v) is 7.58. The lowest BCUT2D eigenvalue weighted by Crippen LogP contribution is -2.81. The number of fused-ring (bicyclic) bond motifs is 1. The Hall–Kier alpha value is -6.46. The van der Waals surface area contributed by atoms with Crippen molar-refractivity contribution in [1.29, 1.82) is 0 Å². The van der Waals surface area contributed by atoms with Gasteiger partial charge < -0.3 is 0 Å². The lowest BCUT2D eigenvalue weighted by atomic mass is 9.12. The number of hydrogen-bond acceptors (Lipinski definition) is 1. The van der Waals surface area contributed by atoms with Gasteiger partial charge in [0.15, 0.2) is 69.8 Å². The topological polar surface area (TPSA) is 20.9 Å². The summed E-state index contributed by atoms with van der Waals surface area (Å²) in [4.78, 5) is 12.4. The van der Waals surface area contributed by atoms with Gasteiger partial charge in [-0.25, -0.2) is 87.8 Å². The smallest absolute Gasteiger partial charge is 0.248 e. The van der Waals surface area contributed by atoms with Crippen molar-refractivity contribution in [1.82, 2.24) is 0 Å². The first-order valence-corrected chi connectivity index (χ1v) is 18.1. The SMILES string of the molecule is Fc1c(F)c(F)c([B-](c2c(F)c(F)c(F)c(F)c2F)(c2c(F)c(F)c(F)c(F)c2F)c2c(F)c(F)c(F)c(F)c2F)c(F)c1F.O=C(C[n+]1c(Br)ccc2ccccc21)c1ccccc1. The third-order valence-electron chi connectivity index (χ3n) is 9.99. The molecule has 0 atom stereocenters. The molecule has 0 aliphatic rings. The Morgan fingerprint density at radius 3 is 0.969 bits per heavy atom. The molecule has 1 heterocycles. The molecule has 7 rings (SSSR count). The second-order valence-corrected chi connectivity index (χ2v) is 14.2. The number of hydrogen-bond donors (Lipinski definition) is 0. The van der Waals surface area contributed by atoms with Crippen LogP contribution in [-0.2, 0) is 6.54 Å². The van der Waals surface area contributed by atoms with Crippen LogP contribution in [0.5, 0.6) is 0 Å². The van der Waals surface area contributed by atoms with E-state index in [4.69, 9.17) is 0 Å². The highest BCUT2D eigenvalue weighted by Gasteiger charge is 2.52. The third kappa shape index (κ3) is 7.53. The van der Waals surface area contributed by atoms with Crippen molar-refractivity contribution in [2.75, 3.05) is 0 Å². The van der Waals surface area contributed by atoms with Gasteiger partial charge in [-0.15, -0.1) is 21.9 Å². The molecule has 0 aliphatic heterocycles. The number of rotatable bonds is 7. The van der Waals surface area contributed by atoms with E-state index in [0.717, 1.165) is 21.1 Å². The number of Topliss-reactive ketones (excluding diaryl/α,β-unsaturated/α-hetero) is 1. The number of aromatic nitrogens is 1. The molecular formula is C41H13BBrF20NO. The summed E-state index contributed by atoms with van der Waals surface area (Å²) in [5.74, 6) is -71.3. The van der Waals surface area contributed by atoms with Crippen LogP contribution >= 0.6 is 15.9 Å². The summed E-state index contributed by atoms with van der Waals surface area (Å²) in [6.45, 7) is 0.325. The van der Waals surface area contributed by atoms with Gasteiger partial charge in [-0.1, -0.05) is 42.5 Å². The Morgan fingerprint density at radius 1 is 0.369 bits per heavy atom. The predicted molar refractivity (Wildman–Crippen MR) is 192 cm³/mol. The normalized spacial score (nSPS) is 11.6. The number of benzene rings is 6. The summed E-state index contributed by atoms with van der Waals surface area (Å²) in [7, 11) is 0. The van der Waals surface area contributed by atoms with E-state index in [-0.39, 0.29) is 5.78 Å². The summed E-state index contributed by atoms with van der Waals surface area (Å²) in [5.41, 5.74) is -12.5. The van der Waals surface area contributed by atoms with Crippen molar-refractivity contribution in [2.45, 2.75) is 6.54 Å². The van der Waals surface area contributed by atoms with Crippen molar-refractivity contribution in [3.8, 4) is 0 Å². The molecule has 0 bridgehead atoms. The monoisotopic (exact) mass is 1000 g/mol. The predicted octanol–water partition coefficient (Wildman–Crippen LogP) is 9.62. The maximum Gasteiger partial charge on any atom is 0.248 e. The van der Waals surface area contributed by atoms with E-state index in [2.05, 4.69) is 15.9 Å². The van der Waals surface area contributed by atoms with Gasteiger partial charge in [0.25, 0.3) is 0 Å². The zero-order chi connectivity index (χ0) is 48.3. The van der Waals surface area contributed by atoms with E-state index < -0.39 is 144 Å². The molecule has 0 aliphatic carbocycles. The van der Waals surface area contributed by atoms with Crippen LogP contribution in [0, 0.1) is 116 Å². The molecule has 0 N–H and O–H groups in total. The van der Waals surface area contributed by atoms with Crippen LogP contribution in [0.1, 0.15) is 10.4 Å². The first-order valence-electron chi connectivity index (χ1n) is 17.3. The lowest BCUT2D eigenvalue weighted by Gasteiger charge is -2.44. The van der Waals surface area contributed by atoms with Crippen molar-refractivity contribution >= 4 is 60.6 Å². The fraction of sp³-hybridized carbons (Fsp3) is 0.0244. The molecule has 65 heavy (non-hydrogen) atoms. The number of carbonyl (C=O) groups excluding carboxylic acids is 1. The van der Waals surface area contributed by atoms with Gasteiger partial charge in [-0.2, -0.15) is 4.57 Å². The van der Waals surface area contributed by atoms with Crippen LogP contribution in [-0.4, -0.2) is 11.9 Å². The van der Waals surface area contributed by atoms with Gasteiger partial charge in [-0.3, -0.25) is 4.79 Å². The summed E-state index contributed by atoms with van der Waals surface area (Å²) in [6.07, 6.45) is -7.22. The molecule has 2 nitrogen and oxygen atoms in total. The average molecular weight is 1010 g/mol. The Labute approximate surface area is 357 Å². The number of ketones is 1. The second-order valence-electron chi connectivity index (χ2n) is 13.4. The molecule has 0 amide bonds. The van der Waals surface area contributed by atoms with E-state index >= 15 is 35.1 Å². The molecule has 6 aromatic carbocycles. The Bertz CT molecular complexity index is 2730. The van der Waals surface area contributed by atoms with Crippen molar-refractivity contribution in [2.24, 2.45) is 0 Å². The molecular weight excluding hydrogens is 993 g/mol. The summed E-state index contributed by atoms with van der Waals surface area (Å²) >= 11 is 3.53. The average Bonchev–Trinajstić information content (AvgIpc) is 3.30. The highest BCUT2D eigenvalue weighted by molar-refractivity contribution is 9.10. The molecule has 0 fully saturated rings. The van der Waals surface area contributed by atoms with Gasteiger partial charge in [-0.05, 0) is 12.1 Å². The lowest BCUT2D eigenvalue weighted by molar-refractivity contribution is -0.668. The van der Waals surface area contributed by atoms with Gasteiger partial charge in [0.2, 0.25) is 22.4 Å². The molecule has 338 valence electrons. The van der Waals surface area contributed by atoms with Crippen LogP contribution in [0.15, 0.2) is 71.3 Å². The largest absolute Gasteiger partial charge is 0.287 e. The maximum absolute atomic E-state index is 15.4. The molecule has 24 heteroatoms. The Morgan fingerprint density at radius 2 is 0.646 bits per heavy atom. The Balaban J connectivity index is 0.000000289. The van der Waals surface area contributed by atoms with E-state index in [1.165, 1.54) is 0 Å². The number of para-hydroxylation sites is 1. The molecule has 0 radical (unpaired) electrons. The number of halogens is 21. The van der Waals surface area contributed by atoms with Crippen LogP contribution in [0.4, 0.5) is 87.8 Å². The highest BCUT2D eigenvalue weighted by atomic mass is 79.9. The standard InChI is InChI=1S/C24BF20.C17H13BrNO/c26-5-1(6(27)14(35)21(42)13(5)34)25(2-7(28)15(36)22(43)16(37)8(2)29,3-9(30)17(38)23(44)18(39)10(3)31)4-11(32)19(40)24(45)20(41)12(4)33;18-17-11-10-13-6-4-5-9-15(13)19(17)12-16(20)14-7-2-1-3-8-14/h;1-11H,12H2/q-1;+1. The Kier molecular flexibility index (Phi) is 13.2. The van der Waals surface area contributed by atoms with Crippen LogP contribution in [0.2, 0.25) is 0 Å². The molecule has 0 unspecified atom stereocenters. The zero-order valence-corrected chi connectivity index (χ0v) is 32.5. The van der Waals surface area contributed by atoms with Crippen LogP contribution < -0.4 is 26.4 Å². The van der Waals surface area contributed by atoms with Gasteiger partial charge >= 0.3 is 0 Å². The number of carbonyl (C=O) groups is 1. The quantitative estimate of drug-likeness (QED) is 0.0297. The van der Waals surface area contributed by atoms with Gasteiger partial charge in [0.1, 0.15) is 52.7 Å². The summed E-state index contributed by atoms with van der Waals surface area (Å²) in [5, 5.41) is 1.12. The minimum atomic E-state index is -7.22. The molecule has 0 spiro atoms. The number of nitrogens with zero attached hydrogens (tertiary/aromatic N) is 1. The maximum atomic E-state index is 15.4. The van der Waals surface area contributed by atoms with Crippen molar-refractivity contribution in [3.05, 3.63) is 193 Å². The van der Waals surface area contributed by atoms with Crippen LogP contribution in [0.25, 0.3) is 10.9 Å². The van der Waals surface area contributed by atoms with Gasteiger partial charge in [0, 0.05) is 39.0 Å². The van der Waals surface area contributed by atoms with Gasteiger partial charge in [0.05, 0.1) is 0 Å². The van der Waals surface area contributed by atoms with Crippen molar-refractivity contribution < 1.29 is 97.2 Å². The summed E-state index contributed by atoms with van der Waals surface area (Å²) < 4.78 is 297. The first-order chi connectivity index (χ1) is 30.5. The van der Waals surface area contributed by atoms with E-state index in [1.54, 1.807) is 0 Å². The first kappa shape index (κ1) is 48.0. The van der Waals surface area contributed by atoms with Crippen molar-refractivity contribution in [3.63, 3.8) is 0 Å². The molecule has 7 aromatic rings. The van der Waals surface area contributed by atoms with E-state index in [0.29, 0.717) is 6.54 Å². The number of pyridine rings is 1. The minimum absolute atomic E-state index is 0.104. The molecule has 0 saturated carbocycles. The van der Waals surface area contributed by atoms with E-state index in [1.807, 2.05) is 71.3 Å². The zero-order valence-electron chi connectivity index (χ0n) is 30.9. The third-order valence-corrected chi connectivity index (χ3v) is 10.7.